The molecule has 1 aromatic rings. The SMILES string of the molecule is CC1CC(C(=O)O)CN(Cc2cc(Br)cc3c2OCC3)C1. The molecule has 4 nitrogen and oxygen atoms in total. The molecule has 21 heavy (non-hydrogen) atoms. The first kappa shape index (κ1) is 14.9. The highest BCUT2D eigenvalue weighted by atomic mass is 79.9. The fraction of sp³-hybridized carbons (Fsp3) is 0.562. The lowest BCUT2D eigenvalue weighted by molar-refractivity contribution is -0.144. The molecular weight excluding hydrogens is 334 g/mol. The molecule has 0 aliphatic carbocycles. The monoisotopic (exact) mass is 353 g/mol. The maximum absolute atomic E-state index is 11.3. The van der Waals surface area contributed by atoms with Crippen LogP contribution >= 0.6 is 15.9 Å². The minimum absolute atomic E-state index is 0.255. The summed E-state index contributed by atoms with van der Waals surface area (Å²) in [6, 6.07) is 4.21. The van der Waals surface area contributed by atoms with Gasteiger partial charge in [-0.05, 0) is 30.0 Å². The fourth-order valence-corrected chi connectivity index (χ4v) is 4.03. The Hall–Kier alpha value is -1.07. The number of fused-ring (bicyclic) bond motifs is 1. The molecule has 2 aliphatic rings. The van der Waals surface area contributed by atoms with Gasteiger partial charge in [0, 0.05) is 36.1 Å². The van der Waals surface area contributed by atoms with Gasteiger partial charge in [-0.25, -0.2) is 0 Å². The first-order valence-electron chi connectivity index (χ1n) is 7.42. The molecule has 2 aliphatic heterocycles. The standard InChI is InChI=1S/C16H20BrNO3/c1-10-4-13(16(19)20)9-18(7-10)8-12-6-14(17)5-11-2-3-21-15(11)12/h5-6,10,13H,2-4,7-9H2,1H3,(H,19,20). The summed E-state index contributed by atoms with van der Waals surface area (Å²) in [6.45, 7) is 5.21. The molecule has 5 heteroatoms. The number of nitrogens with zero attached hydrogens (tertiary/aromatic N) is 1. The van der Waals surface area contributed by atoms with E-state index in [1.54, 1.807) is 0 Å². The quantitative estimate of drug-likeness (QED) is 0.907. The number of benzene rings is 1. The van der Waals surface area contributed by atoms with Gasteiger partial charge in [0.2, 0.25) is 0 Å². The summed E-state index contributed by atoms with van der Waals surface area (Å²) in [4.78, 5) is 13.5. The van der Waals surface area contributed by atoms with E-state index in [9.17, 15) is 9.90 Å². The van der Waals surface area contributed by atoms with Crippen molar-refractivity contribution in [2.45, 2.75) is 26.3 Å². The van der Waals surface area contributed by atoms with Crippen molar-refractivity contribution in [3.63, 3.8) is 0 Å². The lowest BCUT2D eigenvalue weighted by Crippen LogP contribution is -2.42. The molecule has 1 N–H and O–H groups in total. The number of ether oxygens (including phenoxy) is 1. The number of piperidine rings is 1. The van der Waals surface area contributed by atoms with E-state index in [1.165, 1.54) is 5.56 Å². The Morgan fingerprint density at radius 2 is 2.29 bits per heavy atom. The highest BCUT2D eigenvalue weighted by Gasteiger charge is 2.30. The zero-order valence-corrected chi connectivity index (χ0v) is 13.7. The second-order valence-electron chi connectivity index (χ2n) is 6.22. The molecule has 114 valence electrons. The number of halogens is 1. The molecule has 0 aromatic heterocycles. The Balaban J connectivity index is 1.79. The van der Waals surface area contributed by atoms with Gasteiger partial charge in [-0.1, -0.05) is 22.9 Å². The van der Waals surface area contributed by atoms with Crippen molar-refractivity contribution in [1.82, 2.24) is 4.90 Å². The average molecular weight is 354 g/mol. The summed E-state index contributed by atoms with van der Waals surface area (Å²) in [5.74, 6) is 0.487. The van der Waals surface area contributed by atoms with Crippen LogP contribution in [0.5, 0.6) is 5.75 Å². The molecule has 2 atom stereocenters. The third-order valence-corrected chi connectivity index (χ3v) is 4.76. The van der Waals surface area contributed by atoms with E-state index in [2.05, 4.69) is 39.9 Å². The summed E-state index contributed by atoms with van der Waals surface area (Å²) in [5, 5.41) is 9.28. The molecular formula is C16H20BrNO3. The number of aliphatic carboxylic acids is 1. The van der Waals surface area contributed by atoms with Gasteiger partial charge in [-0.2, -0.15) is 0 Å². The second kappa shape index (κ2) is 5.97. The smallest absolute Gasteiger partial charge is 0.307 e. The van der Waals surface area contributed by atoms with Crippen molar-refractivity contribution in [2.24, 2.45) is 11.8 Å². The fourth-order valence-electron chi connectivity index (χ4n) is 3.47. The number of hydrogen-bond acceptors (Lipinski definition) is 3. The predicted molar refractivity (Wildman–Crippen MR) is 83.5 cm³/mol. The van der Waals surface area contributed by atoms with Gasteiger partial charge in [0.15, 0.2) is 0 Å². The molecule has 1 saturated heterocycles. The van der Waals surface area contributed by atoms with Gasteiger partial charge in [0.25, 0.3) is 0 Å². The molecule has 0 saturated carbocycles. The van der Waals surface area contributed by atoms with E-state index in [0.717, 1.165) is 48.3 Å². The van der Waals surface area contributed by atoms with Crippen molar-refractivity contribution in [1.29, 1.82) is 0 Å². The zero-order chi connectivity index (χ0) is 15.0. The van der Waals surface area contributed by atoms with E-state index in [0.29, 0.717) is 12.5 Å². The van der Waals surface area contributed by atoms with Crippen molar-refractivity contribution >= 4 is 21.9 Å². The number of hydrogen-bond donors (Lipinski definition) is 1. The summed E-state index contributed by atoms with van der Waals surface area (Å²) < 4.78 is 6.83. The Labute approximate surface area is 133 Å². The molecule has 2 unspecified atom stereocenters. The molecule has 2 heterocycles. The van der Waals surface area contributed by atoms with Crippen LogP contribution in [0.4, 0.5) is 0 Å². The van der Waals surface area contributed by atoms with Gasteiger partial charge in [0.1, 0.15) is 5.75 Å². The number of carboxylic acid groups (broad SMARTS) is 1. The van der Waals surface area contributed by atoms with Crippen molar-refractivity contribution in [2.75, 3.05) is 19.7 Å². The van der Waals surface area contributed by atoms with Crippen LogP contribution in [0.1, 0.15) is 24.5 Å². The Kier molecular flexibility index (Phi) is 4.22. The molecule has 0 amide bonds. The van der Waals surface area contributed by atoms with Crippen LogP contribution in [0.3, 0.4) is 0 Å². The van der Waals surface area contributed by atoms with E-state index >= 15 is 0 Å². The summed E-state index contributed by atoms with van der Waals surface area (Å²) in [5.41, 5.74) is 2.41. The molecule has 0 bridgehead atoms. The highest BCUT2D eigenvalue weighted by molar-refractivity contribution is 9.10. The van der Waals surface area contributed by atoms with Crippen LogP contribution in [-0.2, 0) is 17.8 Å². The van der Waals surface area contributed by atoms with Crippen LogP contribution in [-0.4, -0.2) is 35.7 Å². The van der Waals surface area contributed by atoms with Crippen LogP contribution in [0, 0.1) is 11.8 Å². The predicted octanol–water partition coefficient (Wildman–Crippen LogP) is 2.93. The van der Waals surface area contributed by atoms with E-state index in [4.69, 9.17) is 4.74 Å². The third kappa shape index (κ3) is 3.24. The van der Waals surface area contributed by atoms with Gasteiger partial charge >= 0.3 is 5.97 Å². The summed E-state index contributed by atoms with van der Waals surface area (Å²) in [7, 11) is 0. The largest absolute Gasteiger partial charge is 0.493 e. The Morgan fingerprint density at radius 3 is 3.05 bits per heavy atom. The third-order valence-electron chi connectivity index (χ3n) is 4.30. The van der Waals surface area contributed by atoms with Crippen molar-refractivity contribution in [3.8, 4) is 5.75 Å². The van der Waals surface area contributed by atoms with Crippen LogP contribution in [0.2, 0.25) is 0 Å². The van der Waals surface area contributed by atoms with Crippen molar-refractivity contribution in [3.05, 3.63) is 27.7 Å². The molecule has 0 radical (unpaired) electrons. The first-order valence-corrected chi connectivity index (χ1v) is 8.21. The first-order chi connectivity index (χ1) is 10.0. The van der Waals surface area contributed by atoms with Crippen molar-refractivity contribution < 1.29 is 14.6 Å². The maximum Gasteiger partial charge on any atom is 0.307 e. The summed E-state index contributed by atoms with van der Waals surface area (Å²) >= 11 is 3.56. The van der Waals surface area contributed by atoms with Gasteiger partial charge < -0.3 is 9.84 Å². The molecule has 1 fully saturated rings. The minimum Gasteiger partial charge on any atom is -0.493 e. The number of carbonyl (C=O) groups is 1. The normalized spacial score (nSPS) is 25.4. The number of rotatable bonds is 3. The Morgan fingerprint density at radius 1 is 1.48 bits per heavy atom. The molecule has 1 aromatic carbocycles. The van der Waals surface area contributed by atoms with Gasteiger partial charge in [-0.15, -0.1) is 0 Å². The van der Waals surface area contributed by atoms with Crippen LogP contribution in [0.15, 0.2) is 16.6 Å². The zero-order valence-electron chi connectivity index (χ0n) is 12.1. The maximum atomic E-state index is 11.3. The Bertz CT molecular complexity index is 561. The van der Waals surface area contributed by atoms with E-state index in [-0.39, 0.29) is 5.92 Å². The number of carboxylic acids is 1. The average Bonchev–Trinajstić information content (AvgIpc) is 2.86. The number of likely N-dealkylation sites (tertiary alicyclic amines) is 1. The lowest BCUT2D eigenvalue weighted by atomic mass is 9.90. The molecule has 3 rings (SSSR count). The van der Waals surface area contributed by atoms with Gasteiger partial charge in [0.05, 0.1) is 12.5 Å². The van der Waals surface area contributed by atoms with Crippen LogP contribution in [0.25, 0.3) is 0 Å². The second-order valence-corrected chi connectivity index (χ2v) is 7.14. The minimum atomic E-state index is -0.678. The summed E-state index contributed by atoms with van der Waals surface area (Å²) in [6.07, 6.45) is 1.73. The van der Waals surface area contributed by atoms with E-state index < -0.39 is 5.97 Å². The van der Waals surface area contributed by atoms with Gasteiger partial charge in [-0.3, -0.25) is 9.69 Å². The lowest BCUT2D eigenvalue weighted by Gasteiger charge is -2.34. The van der Waals surface area contributed by atoms with E-state index in [1.807, 2.05) is 0 Å². The topological polar surface area (TPSA) is 49.8 Å². The molecule has 0 spiro atoms. The van der Waals surface area contributed by atoms with Crippen LogP contribution < -0.4 is 4.74 Å². The highest BCUT2D eigenvalue weighted by Crippen LogP contribution is 2.34.